The highest BCUT2D eigenvalue weighted by atomic mass is 19.4. The molecule has 2 aromatic heterocycles. The smallest absolute Gasteiger partial charge is 0.422 e. The molecule has 0 saturated carbocycles. The predicted octanol–water partition coefficient (Wildman–Crippen LogP) is 2.44. The predicted molar refractivity (Wildman–Crippen MR) is 64.7 cm³/mol. The molecule has 0 aliphatic rings. The summed E-state index contributed by atoms with van der Waals surface area (Å²) in [5.41, 5.74) is -0.818. The molecular weight excluding hydrogens is 293 g/mol. The Morgan fingerprint density at radius 2 is 1.95 bits per heavy atom. The molecule has 6 nitrogen and oxygen atoms in total. The summed E-state index contributed by atoms with van der Waals surface area (Å²) in [5.74, 6) is -2.89. The zero-order valence-electron chi connectivity index (χ0n) is 10.0. The van der Waals surface area contributed by atoms with Crippen molar-refractivity contribution in [3.8, 4) is 0 Å². The van der Waals surface area contributed by atoms with Gasteiger partial charge in [0, 0.05) is 0 Å². The molecule has 1 amide bonds. The Labute approximate surface area is 113 Å². The highest BCUT2D eigenvalue weighted by molar-refractivity contribution is 6.07. The topological polar surface area (TPSA) is 85.3 Å². The van der Waals surface area contributed by atoms with Crippen LogP contribution in [0.3, 0.4) is 0 Å². The number of hydrogen-bond donors (Lipinski definition) is 1. The maximum Gasteiger partial charge on any atom is 0.471 e. The summed E-state index contributed by atoms with van der Waals surface area (Å²) in [4.78, 5) is 22.7. The molecule has 3 rings (SSSR count). The van der Waals surface area contributed by atoms with Crippen LogP contribution >= 0.6 is 0 Å². The molecule has 21 heavy (non-hydrogen) atoms. The van der Waals surface area contributed by atoms with E-state index in [0.29, 0.717) is 5.39 Å². The molecule has 0 aliphatic carbocycles. The summed E-state index contributed by atoms with van der Waals surface area (Å²) in [7, 11) is 0. The summed E-state index contributed by atoms with van der Waals surface area (Å²) >= 11 is 0. The van der Waals surface area contributed by atoms with Crippen molar-refractivity contribution in [3.05, 3.63) is 34.7 Å². The van der Waals surface area contributed by atoms with Crippen LogP contribution in [0.15, 0.2) is 38.0 Å². The molecule has 0 unspecified atom stereocenters. The van der Waals surface area contributed by atoms with Gasteiger partial charge in [0.1, 0.15) is 5.58 Å². The fourth-order valence-corrected chi connectivity index (χ4v) is 1.82. The van der Waals surface area contributed by atoms with Crippen molar-refractivity contribution >= 4 is 33.7 Å². The molecule has 1 aromatic carbocycles. The van der Waals surface area contributed by atoms with Crippen LogP contribution in [0.5, 0.6) is 0 Å². The van der Waals surface area contributed by atoms with Crippen LogP contribution in [0.4, 0.5) is 19.0 Å². The monoisotopic (exact) mass is 298 g/mol. The van der Waals surface area contributed by atoms with Crippen LogP contribution in [0.25, 0.3) is 21.9 Å². The number of carbonyl (C=O) groups is 1. The first-order valence-corrected chi connectivity index (χ1v) is 5.57. The number of hydrogen-bond acceptors (Lipinski definition) is 5. The Morgan fingerprint density at radius 1 is 1.24 bits per heavy atom. The van der Waals surface area contributed by atoms with Crippen molar-refractivity contribution < 1.29 is 26.9 Å². The molecule has 0 bridgehead atoms. The number of benzene rings is 1. The van der Waals surface area contributed by atoms with Gasteiger partial charge in [0.2, 0.25) is 0 Å². The second kappa shape index (κ2) is 4.33. The van der Waals surface area contributed by atoms with E-state index in [4.69, 9.17) is 8.94 Å². The maximum absolute atomic E-state index is 12.2. The molecule has 1 N–H and O–H groups in total. The van der Waals surface area contributed by atoms with Crippen LogP contribution in [0, 0.1) is 0 Å². The Hall–Kier alpha value is -2.84. The van der Waals surface area contributed by atoms with E-state index in [9.17, 15) is 22.8 Å². The highest BCUT2D eigenvalue weighted by Gasteiger charge is 2.39. The van der Waals surface area contributed by atoms with E-state index in [2.05, 4.69) is 5.16 Å². The van der Waals surface area contributed by atoms with Crippen LogP contribution in [0.2, 0.25) is 0 Å². The molecule has 0 aliphatic heterocycles. The van der Waals surface area contributed by atoms with Crippen molar-refractivity contribution in [2.45, 2.75) is 6.18 Å². The highest BCUT2D eigenvalue weighted by Crippen LogP contribution is 2.28. The minimum absolute atomic E-state index is 0.0562. The Kier molecular flexibility index (Phi) is 2.71. The molecule has 0 atom stereocenters. The van der Waals surface area contributed by atoms with Gasteiger partial charge < -0.3 is 8.94 Å². The average molecular weight is 298 g/mol. The van der Waals surface area contributed by atoms with Crippen LogP contribution in [-0.4, -0.2) is 17.2 Å². The second-order valence-corrected chi connectivity index (χ2v) is 4.07. The number of amides is 1. The molecule has 0 fully saturated rings. The van der Waals surface area contributed by atoms with Gasteiger partial charge in [-0.1, -0.05) is 17.3 Å². The van der Waals surface area contributed by atoms with Gasteiger partial charge in [-0.3, -0.25) is 10.1 Å². The number of alkyl halides is 3. The van der Waals surface area contributed by atoms with Crippen molar-refractivity contribution in [1.82, 2.24) is 5.16 Å². The summed E-state index contributed by atoms with van der Waals surface area (Å²) in [5, 5.41) is 4.77. The number of nitrogens with zero attached hydrogens (tertiary/aromatic N) is 1. The third kappa shape index (κ3) is 2.12. The number of anilines is 1. The third-order valence-corrected chi connectivity index (χ3v) is 2.72. The maximum atomic E-state index is 12.2. The van der Waals surface area contributed by atoms with E-state index in [1.807, 2.05) is 0 Å². The zero-order chi connectivity index (χ0) is 15.2. The van der Waals surface area contributed by atoms with Gasteiger partial charge in [0.15, 0.2) is 16.8 Å². The van der Waals surface area contributed by atoms with Gasteiger partial charge in [-0.15, -0.1) is 0 Å². The van der Waals surface area contributed by atoms with Crippen molar-refractivity contribution in [2.24, 2.45) is 0 Å². The lowest BCUT2D eigenvalue weighted by atomic mass is 10.2. The van der Waals surface area contributed by atoms with Crippen LogP contribution < -0.4 is 10.9 Å². The van der Waals surface area contributed by atoms with E-state index < -0.39 is 23.5 Å². The van der Waals surface area contributed by atoms with Gasteiger partial charge in [-0.25, -0.2) is 4.79 Å². The fraction of sp³-hybridized carbons (Fsp3) is 0.0833. The molecular formula is C12H5F3N2O4. The van der Waals surface area contributed by atoms with E-state index in [0.717, 1.165) is 0 Å². The lowest BCUT2D eigenvalue weighted by molar-refractivity contribution is -0.167. The number of halogens is 3. The van der Waals surface area contributed by atoms with Gasteiger partial charge in [0.25, 0.3) is 0 Å². The second-order valence-electron chi connectivity index (χ2n) is 4.07. The number of aromatic nitrogens is 1. The lowest BCUT2D eigenvalue weighted by Gasteiger charge is -2.04. The molecule has 3 aromatic rings. The number of fused-ring (bicyclic) bond motifs is 3. The molecule has 0 radical (unpaired) electrons. The summed E-state index contributed by atoms with van der Waals surface area (Å²) in [6.45, 7) is 0. The summed E-state index contributed by atoms with van der Waals surface area (Å²) in [6.07, 6.45) is -5.11. The van der Waals surface area contributed by atoms with E-state index in [1.54, 1.807) is 18.2 Å². The van der Waals surface area contributed by atoms with Crippen molar-refractivity contribution in [3.63, 3.8) is 0 Å². The summed E-state index contributed by atoms with van der Waals surface area (Å²) < 4.78 is 46.5. The van der Waals surface area contributed by atoms with E-state index in [-0.39, 0.29) is 16.6 Å². The van der Waals surface area contributed by atoms with Gasteiger partial charge in [-0.2, -0.15) is 13.2 Å². The van der Waals surface area contributed by atoms with Gasteiger partial charge in [0.05, 0.1) is 5.39 Å². The molecule has 2 heterocycles. The third-order valence-electron chi connectivity index (χ3n) is 2.72. The van der Waals surface area contributed by atoms with Crippen molar-refractivity contribution in [2.75, 3.05) is 5.32 Å². The molecule has 108 valence electrons. The fourth-order valence-electron chi connectivity index (χ4n) is 1.82. The van der Waals surface area contributed by atoms with Crippen LogP contribution in [-0.2, 0) is 4.79 Å². The minimum atomic E-state index is -5.11. The normalized spacial score (nSPS) is 12.0. The quantitative estimate of drug-likeness (QED) is 0.697. The summed E-state index contributed by atoms with van der Waals surface area (Å²) in [6, 6.07) is 6.27. The SMILES string of the molecule is O=C(Nc1noc2c1c(=O)oc1ccccc12)C(F)(F)F. The molecule has 0 saturated heterocycles. The zero-order valence-corrected chi connectivity index (χ0v) is 10.0. The Balaban J connectivity index is 2.21. The largest absolute Gasteiger partial charge is 0.471 e. The number of para-hydroxylation sites is 1. The van der Waals surface area contributed by atoms with Crippen LogP contribution in [0.1, 0.15) is 0 Å². The Morgan fingerprint density at radius 3 is 2.67 bits per heavy atom. The first-order valence-electron chi connectivity index (χ1n) is 5.57. The minimum Gasteiger partial charge on any atom is -0.422 e. The average Bonchev–Trinajstić information content (AvgIpc) is 2.82. The lowest BCUT2D eigenvalue weighted by Crippen LogP contribution is -2.30. The van der Waals surface area contributed by atoms with Gasteiger partial charge in [-0.05, 0) is 12.1 Å². The van der Waals surface area contributed by atoms with E-state index in [1.165, 1.54) is 11.4 Å². The Bertz CT molecular complexity index is 910. The standard InChI is InChI=1S/C12H5F3N2O4/c13-12(14,15)11(19)16-9-7-8(21-17-9)5-3-1-2-4-6(5)20-10(7)18/h1-4H,(H,16,17,19). The molecule has 0 spiro atoms. The number of rotatable bonds is 1. The van der Waals surface area contributed by atoms with Crippen molar-refractivity contribution in [1.29, 1.82) is 0 Å². The first-order chi connectivity index (χ1) is 9.88. The number of carbonyl (C=O) groups excluding carboxylic acids is 1. The molecule has 9 heteroatoms. The number of nitrogens with one attached hydrogen (secondary N) is 1. The van der Waals surface area contributed by atoms with E-state index >= 15 is 0 Å². The first kappa shape index (κ1) is 13.2. The van der Waals surface area contributed by atoms with Gasteiger partial charge >= 0.3 is 17.7 Å².